The van der Waals surface area contributed by atoms with Crippen LogP contribution in [0.2, 0.25) is 0 Å². The summed E-state index contributed by atoms with van der Waals surface area (Å²) in [7, 11) is 0. The molecule has 0 aliphatic rings. The normalized spacial score (nSPS) is 11.3. The van der Waals surface area contributed by atoms with Gasteiger partial charge in [0.25, 0.3) is 0 Å². The zero-order chi connectivity index (χ0) is 16.0. The van der Waals surface area contributed by atoms with Gasteiger partial charge in [-0.1, -0.05) is 22.9 Å². The Hall–Kier alpha value is -2.07. The Morgan fingerprint density at radius 2 is 2.19 bits per heavy atom. The number of urea groups is 1. The van der Waals surface area contributed by atoms with E-state index in [9.17, 15) is 9.59 Å². The fourth-order valence-electron chi connectivity index (χ4n) is 1.70. The highest BCUT2D eigenvalue weighted by Gasteiger charge is 2.22. The first-order chi connectivity index (χ1) is 9.88. The lowest BCUT2D eigenvalue weighted by molar-refractivity contribution is -0.138. The van der Waals surface area contributed by atoms with E-state index >= 15 is 0 Å². The molecule has 21 heavy (non-hydrogen) atoms. The average molecular weight is 354 g/mol. The fraction of sp³-hybridized carbons (Fsp3) is 0.357. The van der Waals surface area contributed by atoms with Crippen molar-refractivity contribution in [2.24, 2.45) is 0 Å². The first-order valence-corrected chi connectivity index (χ1v) is 7.17. The van der Waals surface area contributed by atoms with Crippen LogP contribution in [-0.4, -0.2) is 34.6 Å². The van der Waals surface area contributed by atoms with E-state index in [2.05, 4.69) is 21.2 Å². The quantitative estimate of drug-likeness (QED) is 0.850. The van der Waals surface area contributed by atoms with Gasteiger partial charge in [-0.3, -0.25) is 4.79 Å². The summed E-state index contributed by atoms with van der Waals surface area (Å²) in [5, 5.41) is 20.5. The number of nitrogens with one attached hydrogen (secondary N) is 1. The summed E-state index contributed by atoms with van der Waals surface area (Å²) in [6.45, 7) is 3.25. The predicted molar refractivity (Wildman–Crippen MR) is 82.0 cm³/mol. The second-order valence-corrected chi connectivity index (χ2v) is 5.43. The number of rotatable bonds is 5. The van der Waals surface area contributed by atoms with Gasteiger partial charge in [-0.2, -0.15) is 5.26 Å². The molecule has 0 heterocycles. The molecule has 0 spiro atoms. The van der Waals surface area contributed by atoms with E-state index in [-0.39, 0.29) is 6.04 Å². The lowest BCUT2D eigenvalue weighted by Crippen LogP contribution is -2.44. The van der Waals surface area contributed by atoms with Crippen LogP contribution in [0.15, 0.2) is 22.7 Å². The molecule has 0 aliphatic heterocycles. The van der Waals surface area contributed by atoms with Gasteiger partial charge in [0.1, 0.15) is 12.6 Å². The van der Waals surface area contributed by atoms with E-state index < -0.39 is 18.5 Å². The van der Waals surface area contributed by atoms with Gasteiger partial charge in [0.15, 0.2) is 0 Å². The van der Waals surface area contributed by atoms with Crippen molar-refractivity contribution in [2.45, 2.75) is 26.3 Å². The average Bonchev–Trinajstić information content (AvgIpc) is 2.44. The first-order valence-electron chi connectivity index (χ1n) is 6.38. The number of carbonyl (C=O) groups excluding carboxylic acids is 1. The molecule has 6 nitrogen and oxygen atoms in total. The van der Waals surface area contributed by atoms with Crippen molar-refractivity contribution < 1.29 is 14.7 Å². The summed E-state index contributed by atoms with van der Waals surface area (Å²) >= 11 is 3.27. The SMILES string of the molecule is CCC(C)N(CC(=O)O)C(=O)Nc1cc(Br)ccc1C#N. The standard InChI is InChI=1S/C14H16BrN3O3/c1-3-9(2)18(8-13(19)20)14(21)17-12-6-11(15)5-4-10(12)7-16/h4-6,9H,3,8H2,1-2H3,(H,17,21)(H,19,20). The van der Waals surface area contributed by atoms with E-state index in [0.717, 1.165) is 0 Å². The van der Waals surface area contributed by atoms with Gasteiger partial charge in [-0.05, 0) is 31.5 Å². The Morgan fingerprint density at radius 1 is 1.52 bits per heavy atom. The minimum Gasteiger partial charge on any atom is -0.480 e. The van der Waals surface area contributed by atoms with Crippen LogP contribution in [-0.2, 0) is 4.79 Å². The molecule has 0 radical (unpaired) electrons. The van der Waals surface area contributed by atoms with Crippen LogP contribution < -0.4 is 5.32 Å². The van der Waals surface area contributed by atoms with Crippen molar-refractivity contribution in [3.8, 4) is 6.07 Å². The number of halogens is 1. The van der Waals surface area contributed by atoms with E-state index in [1.807, 2.05) is 13.0 Å². The topological polar surface area (TPSA) is 93.4 Å². The molecule has 1 aromatic carbocycles. The third kappa shape index (κ3) is 4.76. The summed E-state index contributed by atoms with van der Waals surface area (Å²) < 4.78 is 0.713. The minimum absolute atomic E-state index is 0.223. The van der Waals surface area contributed by atoms with Gasteiger partial charge in [0, 0.05) is 10.5 Å². The van der Waals surface area contributed by atoms with Crippen molar-refractivity contribution >= 4 is 33.6 Å². The summed E-state index contributed by atoms with van der Waals surface area (Å²) in [6.07, 6.45) is 0.629. The molecule has 1 atom stereocenters. The molecule has 0 saturated carbocycles. The van der Waals surface area contributed by atoms with Gasteiger partial charge >= 0.3 is 12.0 Å². The number of hydrogen-bond acceptors (Lipinski definition) is 3. The van der Waals surface area contributed by atoms with Gasteiger partial charge in [-0.25, -0.2) is 4.79 Å². The highest BCUT2D eigenvalue weighted by Crippen LogP contribution is 2.21. The van der Waals surface area contributed by atoms with Crippen molar-refractivity contribution in [1.82, 2.24) is 4.90 Å². The predicted octanol–water partition coefficient (Wildman–Crippen LogP) is 3.04. The minimum atomic E-state index is -1.08. The number of nitrogens with zero attached hydrogens (tertiary/aromatic N) is 2. The third-order valence-electron chi connectivity index (χ3n) is 3.03. The molecule has 0 bridgehead atoms. The number of hydrogen-bond donors (Lipinski definition) is 2. The second kappa shape index (κ2) is 7.64. The zero-order valence-electron chi connectivity index (χ0n) is 11.8. The number of anilines is 1. The molecule has 1 aromatic rings. The highest BCUT2D eigenvalue weighted by molar-refractivity contribution is 9.10. The van der Waals surface area contributed by atoms with Crippen LogP contribution in [0.5, 0.6) is 0 Å². The number of carboxylic acid groups (broad SMARTS) is 1. The number of carboxylic acids is 1. The molecule has 0 aromatic heterocycles. The van der Waals surface area contributed by atoms with Crippen LogP contribution in [0.3, 0.4) is 0 Å². The Labute approximate surface area is 131 Å². The number of nitriles is 1. The Balaban J connectivity index is 2.99. The van der Waals surface area contributed by atoms with Crippen molar-refractivity contribution in [1.29, 1.82) is 5.26 Å². The van der Waals surface area contributed by atoms with Gasteiger partial charge in [0.2, 0.25) is 0 Å². The van der Waals surface area contributed by atoms with Gasteiger partial charge in [0.05, 0.1) is 11.3 Å². The number of benzene rings is 1. The molecule has 2 amide bonds. The maximum Gasteiger partial charge on any atom is 0.323 e. The molecule has 0 aliphatic carbocycles. The Kier molecular flexibility index (Phi) is 6.18. The lowest BCUT2D eigenvalue weighted by atomic mass is 10.2. The van der Waals surface area contributed by atoms with Crippen LogP contribution in [0.4, 0.5) is 10.5 Å². The fourth-order valence-corrected chi connectivity index (χ4v) is 2.06. The molecule has 1 unspecified atom stereocenters. The molecule has 112 valence electrons. The van der Waals surface area contributed by atoms with Crippen LogP contribution >= 0.6 is 15.9 Å². The van der Waals surface area contributed by atoms with Crippen LogP contribution in [0.25, 0.3) is 0 Å². The maximum absolute atomic E-state index is 12.3. The van der Waals surface area contributed by atoms with E-state index in [1.54, 1.807) is 25.1 Å². The van der Waals surface area contributed by atoms with Gasteiger partial charge < -0.3 is 15.3 Å². The van der Waals surface area contributed by atoms with E-state index in [0.29, 0.717) is 22.1 Å². The van der Waals surface area contributed by atoms with Crippen LogP contribution in [0, 0.1) is 11.3 Å². The first kappa shape index (κ1) is 17.0. The van der Waals surface area contributed by atoms with E-state index in [1.165, 1.54) is 4.90 Å². The van der Waals surface area contributed by atoms with E-state index in [4.69, 9.17) is 10.4 Å². The summed E-state index contributed by atoms with van der Waals surface area (Å²) in [4.78, 5) is 24.4. The molecule has 0 fully saturated rings. The van der Waals surface area contributed by atoms with Crippen molar-refractivity contribution in [2.75, 3.05) is 11.9 Å². The number of amides is 2. The molecule has 1 rings (SSSR count). The van der Waals surface area contributed by atoms with Crippen molar-refractivity contribution in [3.63, 3.8) is 0 Å². The molecular formula is C14H16BrN3O3. The smallest absolute Gasteiger partial charge is 0.323 e. The van der Waals surface area contributed by atoms with Gasteiger partial charge in [-0.15, -0.1) is 0 Å². The maximum atomic E-state index is 12.3. The summed E-state index contributed by atoms with van der Waals surface area (Å²) in [6, 6.07) is 6.09. The summed E-state index contributed by atoms with van der Waals surface area (Å²) in [5.74, 6) is -1.08. The van der Waals surface area contributed by atoms with Crippen molar-refractivity contribution in [3.05, 3.63) is 28.2 Å². The summed E-state index contributed by atoms with van der Waals surface area (Å²) in [5.41, 5.74) is 0.654. The molecule has 7 heteroatoms. The largest absolute Gasteiger partial charge is 0.480 e. The van der Waals surface area contributed by atoms with Crippen LogP contribution in [0.1, 0.15) is 25.8 Å². The highest BCUT2D eigenvalue weighted by atomic mass is 79.9. The Morgan fingerprint density at radius 3 is 2.71 bits per heavy atom. The Bertz CT molecular complexity index is 583. The molecule has 2 N–H and O–H groups in total. The molecular weight excluding hydrogens is 338 g/mol. The number of aliphatic carboxylic acids is 1. The molecule has 0 saturated heterocycles. The monoisotopic (exact) mass is 353 g/mol. The third-order valence-corrected chi connectivity index (χ3v) is 3.53. The number of carbonyl (C=O) groups is 2. The lowest BCUT2D eigenvalue weighted by Gasteiger charge is -2.27. The second-order valence-electron chi connectivity index (χ2n) is 4.51. The zero-order valence-corrected chi connectivity index (χ0v) is 13.3.